The van der Waals surface area contributed by atoms with E-state index in [4.69, 9.17) is 0 Å². The number of nitrogens with zero attached hydrogens (tertiary/aromatic N) is 4. The van der Waals surface area contributed by atoms with E-state index in [1.165, 1.54) is 11.1 Å². The second-order valence-corrected chi connectivity index (χ2v) is 6.81. The summed E-state index contributed by atoms with van der Waals surface area (Å²) in [6.07, 6.45) is 0. The van der Waals surface area contributed by atoms with Crippen molar-refractivity contribution < 1.29 is 4.79 Å². The van der Waals surface area contributed by atoms with Gasteiger partial charge in [0.15, 0.2) is 5.65 Å². The van der Waals surface area contributed by atoms with Crippen LogP contribution < -0.4 is 0 Å². The highest BCUT2D eigenvalue weighted by atomic mass is 16.2. The van der Waals surface area contributed by atoms with E-state index in [1.54, 1.807) is 9.58 Å². The van der Waals surface area contributed by atoms with E-state index < -0.39 is 0 Å². The summed E-state index contributed by atoms with van der Waals surface area (Å²) in [4.78, 5) is 19.4. The summed E-state index contributed by atoms with van der Waals surface area (Å²) >= 11 is 0. The van der Waals surface area contributed by atoms with Crippen LogP contribution in [0.2, 0.25) is 0 Å². The zero-order chi connectivity index (χ0) is 18.3. The maximum Gasteiger partial charge on any atom is 0.254 e. The molecule has 0 bridgehead atoms. The van der Waals surface area contributed by atoms with Crippen LogP contribution in [0.5, 0.6) is 0 Å². The first-order chi connectivity index (χ1) is 11.8. The van der Waals surface area contributed by atoms with E-state index in [0.29, 0.717) is 12.1 Å². The number of hydrogen-bond acceptors (Lipinski definition) is 3. The summed E-state index contributed by atoms with van der Waals surface area (Å²) in [5, 5.41) is 5.26. The second-order valence-electron chi connectivity index (χ2n) is 6.81. The third kappa shape index (κ3) is 3.14. The summed E-state index contributed by atoms with van der Waals surface area (Å²) in [7, 11) is 3.70. The molecule has 2 aromatic heterocycles. The SMILES string of the molecule is Cc1ccc(CN(C)C(=O)c2cc(C)nc3c2c(C)nn3C)c(C)c1. The Bertz CT molecular complexity index is 971. The molecule has 1 aromatic carbocycles. The summed E-state index contributed by atoms with van der Waals surface area (Å²) < 4.78 is 1.73. The van der Waals surface area contributed by atoms with E-state index in [9.17, 15) is 4.79 Å². The lowest BCUT2D eigenvalue weighted by atomic mass is 10.0. The average molecular weight is 336 g/mol. The monoisotopic (exact) mass is 336 g/mol. The normalized spacial score (nSPS) is 11.1. The number of benzene rings is 1. The molecule has 2 heterocycles. The molecule has 5 heteroatoms. The van der Waals surface area contributed by atoms with Crippen LogP contribution >= 0.6 is 0 Å². The molecule has 1 amide bonds. The second kappa shape index (κ2) is 6.31. The fraction of sp³-hybridized carbons (Fsp3) is 0.350. The van der Waals surface area contributed by atoms with Crippen LogP contribution in [0.25, 0.3) is 11.0 Å². The molecule has 0 aliphatic rings. The largest absolute Gasteiger partial charge is 0.337 e. The van der Waals surface area contributed by atoms with Gasteiger partial charge in [-0.1, -0.05) is 23.8 Å². The van der Waals surface area contributed by atoms with Crippen molar-refractivity contribution in [2.24, 2.45) is 7.05 Å². The van der Waals surface area contributed by atoms with Crippen molar-refractivity contribution in [2.75, 3.05) is 7.05 Å². The minimum absolute atomic E-state index is 0.00780. The van der Waals surface area contributed by atoms with Gasteiger partial charge in [0.05, 0.1) is 16.6 Å². The fourth-order valence-electron chi connectivity index (χ4n) is 3.29. The molecular formula is C20H24N4O. The van der Waals surface area contributed by atoms with Crippen LogP contribution in [0.15, 0.2) is 24.3 Å². The molecule has 0 fully saturated rings. The molecule has 25 heavy (non-hydrogen) atoms. The Morgan fingerprint density at radius 2 is 1.88 bits per heavy atom. The number of fused-ring (bicyclic) bond motifs is 1. The first kappa shape index (κ1) is 17.1. The lowest BCUT2D eigenvalue weighted by Crippen LogP contribution is -2.27. The Balaban J connectivity index is 1.99. The third-order valence-electron chi connectivity index (χ3n) is 4.58. The molecule has 3 rings (SSSR count). The fourth-order valence-corrected chi connectivity index (χ4v) is 3.29. The number of aromatic nitrogens is 3. The first-order valence-electron chi connectivity index (χ1n) is 8.40. The van der Waals surface area contributed by atoms with Gasteiger partial charge in [-0.05, 0) is 44.9 Å². The lowest BCUT2D eigenvalue weighted by Gasteiger charge is -2.19. The van der Waals surface area contributed by atoms with Gasteiger partial charge in [-0.25, -0.2) is 4.98 Å². The van der Waals surface area contributed by atoms with E-state index in [0.717, 1.165) is 28.0 Å². The van der Waals surface area contributed by atoms with Crippen molar-refractivity contribution in [1.29, 1.82) is 0 Å². The topological polar surface area (TPSA) is 51.0 Å². The standard InChI is InChI=1S/C20H24N4O/c1-12-7-8-16(13(2)9-12)11-23(5)20(25)17-10-14(3)21-19-18(17)15(4)22-24(19)6/h7-10H,11H2,1-6H3. The Morgan fingerprint density at radius 3 is 2.56 bits per heavy atom. The molecule has 0 spiro atoms. The van der Waals surface area contributed by atoms with Crippen LogP contribution in [-0.2, 0) is 13.6 Å². The van der Waals surface area contributed by atoms with E-state index >= 15 is 0 Å². The van der Waals surface area contributed by atoms with Gasteiger partial charge < -0.3 is 4.90 Å². The molecule has 0 unspecified atom stereocenters. The van der Waals surface area contributed by atoms with Gasteiger partial charge >= 0.3 is 0 Å². The van der Waals surface area contributed by atoms with E-state index in [2.05, 4.69) is 42.1 Å². The molecule has 0 radical (unpaired) electrons. The Hall–Kier alpha value is -2.69. The van der Waals surface area contributed by atoms with Gasteiger partial charge in [0.2, 0.25) is 0 Å². The summed E-state index contributed by atoms with van der Waals surface area (Å²) in [6.45, 7) is 8.56. The number of pyridine rings is 1. The molecule has 130 valence electrons. The van der Waals surface area contributed by atoms with Crippen LogP contribution in [-0.4, -0.2) is 32.6 Å². The lowest BCUT2D eigenvalue weighted by molar-refractivity contribution is 0.0786. The number of rotatable bonds is 3. The zero-order valence-corrected chi connectivity index (χ0v) is 15.7. The molecule has 0 aliphatic heterocycles. The van der Waals surface area contributed by atoms with E-state index in [1.807, 2.05) is 34.0 Å². The highest BCUT2D eigenvalue weighted by Crippen LogP contribution is 2.23. The van der Waals surface area contributed by atoms with Crippen molar-refractivity contribution in [2.45, 2.75) is 34.2 Å². The number of aryl methyl sites for hydroxylation is 5. The Morgan fingerprint density at radius 1 is 1.16 bits per heavy atom. The van der Waals surface area contributed by atoms with Crippen LogP contribution in [0.1, 0.15) is 38.4 Å². The van der Waals surface area contributed by atoms with Gasteiger partial charge in [-0.2, -0.15) is 5.10 Å². The van der Waals surface area contributed by atoms with Crippen molar-refractivity contribution in [3.8, 4) is 0 Å². The van der Waals surface area contributed by atoms with Gasteiger partial charge in [-0.15, -0.1) is 0 Å². The third-order valence-corrected chi connectivity index (χ3v) is 4.58. The van der Waals surface area contributed by atoms with Gasteiger partial charge in [0.25, 0.3) is 5.91 Å². The number of carbonyl (C=O) groups is 1. The van der Waals surface area contributed by atoms with Crippen LogP contribution in [0.3, 0.4) is 0 Å². The van der Waals surface area contributed by atoms with Crippen molar-refractivity contribution in [1.82, 2.24) is 19.7 Å². The molecule has 5 nitrogen and oxygen atoms in total. The highest BCUT2D eigenvalue weighted by Gasteiger charge is 2.20. The number of amides is 1. The molecular weight excluding hydrogens is 312 g/mol. The van der Waals surface area contributed by atoms with Crippen molar-refractivity contribution >= 4 is 16.9 Å². The molecule has 0 saturated carbocycles. The first-order valence-corrected chi connectivity index (χ1v) is 8.40. The molecule has 0 aliphatic carbocycles. The zero-order valence-electron chi connectivity index (χ0n) is 15.7. The summed E-state index contributed by atoms with van der Waals surface area (Å²) in [5.74, 6) is -0.00780. The number of carbonyl (C=O) groups excluding carboxylic acids is 1. The van der Waals surface area contributed by atoms with Gasteiger partial charge in [-0.3, -0.25) is 9.48 Å². The smallest absolute Gasteiger partial charge is 0.254 e. The number of hydrogen-bond donors (Lipinski definition) is 0. The molecule has 3 aromatic rings. The maximum absolute atomic E-state index is 13.1. The van der Waals surface area contributed by atoms with Gasteiger partial charge in [0, 0.05) is 26.3 Å². The Kier molecular flexibility index (Phi) is 4.33. The van der Waals surface area contributed by atoms with Crippen molar-refractivity contribution in [3.63, 3.8) is 0 Å². The molecule has 0 atom stereocenters. The van der Waals surface area contributed by atoms with E-state index in [-0.39, 0.29) is 5.91 Å². The van der Waals surface area contributed by atoms with Gasteiger partial charge in [0.1, 0.15) is 0 Å². The van der Waals surface area contributed by atoms with Crippen molar-refractivity contribution in [3.05, 3.63) is 57.9 Å². The predicted octanol–water partition coefficient (Wildman–Crippen LogP) is 3.47. The molecule has 0 N–H and O–H groups in total. The maximum atomic E-state index is 13.1. The minimum atomic E-state index is -0.00780. The predicted molar refractivity (Wildman–Crippen MR) is 99.7 cm³/mol. The summed E-state index contributed by atoms with van der Waals surface area (Å²) in [5.41, 5.74) is 6.65. The van der Waals surface area contributed by atoms with Crippen LogP contribution in [0.4, 0.5) is 0 Å². The summed E-state index contributed by atoms with van der Waals surface area (Å²) in [6, 6.07) is 8.18. The highest BCUT2D eigenvalue weighted by molar-refractivity contribution is 6.06. The quantitative estimate of drug-likeness (QED) is 0.736. The average Bonchev–Trinajstić information content (AvgIpc) is 2.83. The van der Waals surface area contributed by atoms with Crippen LogP contribution in [0, 0.1) is 27.7 Å². The molecule has 0 saturated heterocycles. The Labute approximate surface area is 148 Å². The minimum Gasteiger partial charge on any atom is -0.337 e.